The zero-order valence-electron chi connectivity index (χ0n) is 69.4. The number of unbranched alkanes of at least 4 members (excludes halogenated alkanes) is 48. The highest BCUT2D eigenvalue weighted by Gasteiger charge is 2.31. The van der Waals surface area contributed by atoms with Gasteiger partial charge in [0.2, 0.25) is 0 Å². The highest BCUT2D eigenvalue weighted by atomic mass is 31.2. The van der Waals surface area contributed by atoms with E-state index in [-0.39, 0.29) is 25.7 Å². The average molecular weight is 1540 g/mol. The van der Waals surface area contributed by atoms with Gasteiger partial charge in [-0.25, -0.2) is 9.13 Å². The van der Waals surface area contributed by atoms with Gasteiger partial charge in [0.05, 0.1) is 26.4 Å². The number of aliphatic hydroxyl groups is 1. The lowest BCUT2D eigenvalue weighted by molar-refractivity contribution is -0.161. The lowest BCUT2D eigenvalue weighted by Crippen LogP contribution is -2.30. The molecule has 0 spiro atoms. The van der Waals surface area contributed by atoms with E-state index in [1.54, 1.807) is 0 Å². The van der Waals surface area contributed by atoms with Crippen LogP contribution in [0.2, 0.25) is 0 Å². The molecule has 0 aromatic rings. The predicted molar refractivity (Wildman–Crippen MR) is 432 cm³/mol. The zero-order valence-corrected chi connectivity index (χ0v) is 71.2. The Hall–Kier alpha value is -1.94. The normalized spacial score (nSPS) is 14.2. The number of hydrogen-bond acceptors (Lipinski definition) is 15. The molecule has 0 aliphatic carbocycles. The van der Waals surface area contributed by atoms with E-state index >= 15 is 0 Å². The molecule has 0 aliphatic rings. The first-order valence-corrected chi connectivity index (χ1v) is 47.2. The summed E-state index contributed by atoms with van der Waals surface area (Å²) in [5.41, 5.74) is 0. The Morgan fingerprint density at radius 3 is 0.676 bits per heavy atom. The lowest BCUT2D eigenvalue weighted by atomic mass is 10.00. The van der Waals surface area contributed by atoms with Crippen molar-refractivity contribution in [2.24, 2.45) is 23.7 Å². The number of hydrogen-bond donors (Lipinski definition) is 3. The first-order valence-electron chi connectivity index (χ1n) is 44.2. The van der Waals surface area contributed by atoms with Gasteiger partial charge in [0, 0.05) is 25.7 Å². The molecule has 105 heavy (non-hydrogen) atoms. The Bertz CT molecular complexity index is 2040. The lowest BCUT2D eigenvalue weighted by Gasteiger charge is -2.21. The van der Waals surface area contributed by atoms with Crippen LogP contribution in [0.15, 0.2) is 0 Å². The van der Waals surface area contributed by atoms with Gasteiger partial charge in [-0.3, -0.25) is 37.3 Å². The molecule has 0 rings (SSSR count). The molecule has 0 aliphatic heterocycles. The summed E-state index contributed by atoms with van der Waals surface area (Å²) in [6.07, 6.45) is 63.9. The molecule has 0 saturated heterocycles. The average Bonchev–Trinajstić information content (AvgIpc) is 0.906. The van der Waals surface area contributed by atoms with E-state index in [2.05, 4.69) is 55.4 Å². The van der Waals surface area contributed by atoms with Crippen molar-refractivity contribution in [1.29, 1.82) is 0 Å². The Morgan fingerprint density at radius 2 is 0.457 bits per heavy atom. The van der Waals surface area contributed by atoms with E-state index in [9.17, 15) is 43.2 Å². The van der Waals surface area contributed by atoms with Gasteiger partial charge in [0.1, 0.15) is 19.3 Å². The number of carbonyl (C=O) groups is 4. The monoisotopic (exact) mass is 1540 g/mol. The minimum absolute atomic E-state index is 0.107. The number of carbonyl (C=O) groups excluding carboxylic acids is 4. The van der Waals surface area contributed by atoms with Crippen molar-refractivity contribution < 1.29 is 80.2 Å². The molecule has 3 N–H and O–H groups in total. The number of esters is 4. The van der Waals surface area contributed by atoms with Gasteiger partial charge >= 0.3 is 39.5 Å². The molecule has 0 aromatic heterocycles. The van der Waals surface area contributed by atoms with Gasteiger partial charge < -0.3 is 33.8 Å². The number of aliphatic hydroxyl groups excluding tert-OH is 1. The fraction of sp³-hybridized carbons (Fsp3) is 0.953. The van der Waals surface area contributed by atoms with Gasteiger partial charge in [-0.2, -0.15) is 0 Å². The van der Waals surface area contributed by atoms with Crippen LogP contribution in [0.4, 0.5) is 0 Å². The third-order valence-corrected chi connectivity index (χ3v) is 22.3. The summed E-state index contributed by atoms with van der Waals surface area (Å²) in [7, 11) is -9.93. The number of phosphoric acid groups is 2. The molecule has 0 aromatic carbocycles. The summed E-state index contributed by atoms with van der Waals surface area (Å²) in [5, 5.41) is 10.7. The fourth-order valence-corrected chi connectivity index (χ4v) is 14.9. The van der Waals surface area contributed by atoms with Crippen LogP contribution in [0.5, 0.6) is 0 Å². The Labute approximate surface area is 645 Å². The number of phosphoric ester groups is 2. The number of rotatable bonds is 83. The van der Waals surface area contributed by atoms with E-state index in [0.29, 0.717) is 25.7 Å². The molecular weight excluding hydrogens is 1370 g/mol. The number of ether oxygens (including phenoxy) is 4. The summed E-state index contributed by atoms with van der Waals surface area (Å²) >= 11 is 0. The van der Waals surface area contributed by atoms with Gasteiger partial charge in [-0.1, -0.05) is 396 Å². The van der Waals surface area contributed by atoms with Crippen molar-refractivity contribution in [3.8, 4) is 0 Å². The van der Waals surface area contributed by atoms with Gasteiger partial charge in [-0.05, 0) is 49.4 Å². The molecule has 0 bridgehead atoms. The Balaban J connectivity index is 5.23. The summed E-state index contributed by atoms with van der Waals surface area (Å²) < 4.78 is 68.9. The van der Waals surface area contributed by atoms with Crippen LogP contribution >= 0.6 is 15.6 Å². The van der Waals surface area contributed by atoms with E-state index < -0.39 is 97.5 Å². The van der Waals surface area contributed by atoms with E-state index in [4.69, 9.17) is 37.0 Å². The molecule has 0 heterocycles. The molecule has 6 atom stereocenters. The van der Waals surface area contributed by atoms with E-state index in [1.807, 2.05) is 0 Å². The van der Waals surface area contributed by atoms with Crippen LogP contribution in [0, 0.1) is 23.7 Å². The van der Waals surface area contributed by atoms with Crippen molar-refractivity contribution in [1.82, 2.24) is 0 Å². The Kier molecular flexibility index (Phi) is 73.4. The molecular formula is C86H168O17P2. The van der Waals surface area contributed by atoms with Gasteiger partial charge in [0.15, 0.2) is 12.2 Å². The van der Waals surface area contributed by atoms with Gasteiger partial charge in [0.25, 0.3) is 0 Å². The van der Waals surface area contributed by atoms with Crippen molar-refractivity contribution in [2.45, 2.75) is 465 Å². The smallest absolute Gasteiger partial charge is 0.462 e. The molecule has 624 valence electrons. The maximum absolute atomic E-state index is 13.1. The second kappa shape index (κ2) is 74.8. The second-order valence-electron chi connectivity index (χ2n) is 32.6. The molecule has 0 saturated carbocycles. The predicted octanol–water partition coefficient (Wildman–Crippen LogP) is 25.9. The summed E-state index contributed by atoms with van der Waals surface area (Å²) in [6, 6.07) is 0. The molecule has 0 amide bonds. The highest BCUT2D eigenvalue weighted by molar-refractivity contribution is 7.47. The first kappa shape index (κ1) is 103. The van der Waals surface area contributed by atoms with Crippen LogP contribution in [0.1, 0.15) is 447 Å². The SMILES string of the molecule is CCC(C)CCCCCCCCC(=O)OC[C@H](COP(=O)(O)OC[C@H](O)COP(=O)(O)OC[C@@H](COC(=O)CCCCCCCCCCCCCCCCCCC(C)C)OC(=O)CCCCCCCCCCCCCCCCC(C)C)OC(=O)CCCCCCCCCCCCCCCCCCC(C)C. The van der Waals surface area contributed by atoms with Crippen molar-refractivity contribution >= 4 is 39.5 Å². The van der Waals surface area contributed by atoms with Gasteiger partial charge in [-0.15, -0.1) is 0 Å². The van der Waals surface area contributed by atoms with E-state index in [1.165, 1.54) is 244 Å². The van der Waals surface area contributed by atoms with Crippen LogP contribution in [0.25, 0.3) is 0 Å². The van der Waals surface area contributed by atoms with Crippen molar-refractivity contribution in [2.75, 3.05) is 39.6 Å². The summed E-state index contributed by atoms with van der Waals surface area (Å²) in [4.78, 5) is 73.2. The van der Waals surface area contributed by atoms with Crippen LogP contribution in [-0.2, 0) is 65.4 Å². The molecule has 19 heteroatoms. The fourth-order valence-electron chi connectivity index (χ4n) is 13.3. The van der Waals surface area contributed by atoms with Crippen molar-refractivity contribution in [3.05, 3.63) is 0 Å². The van der Waals surface area contributed by atoms with Crippen LogP contribution < -0.4 is 0 Å². The Morgan fingerprint density at radius 1 is 0.267 bits per heavy atom. The highest BCUT2D eigenvalue weighted by Crippen LogP contribution is 2.45. The molecule has 17 nitrogen and oxygen atoms in total. The zero-order chi connectivity index (χ0) is 77.4. The maximum Gasteiger partial charge on any atom is 0.472 e. The topological polar surface area (TPSA) is 237 Å². The minimum atomic E-state index is -4.97. The molecule has 0 radical (unpaired) electrons. The summed E-state index contributed by atoms with van der Waals surface area (Å²) in [5.74, 6) is 1.04. The second-order valence-corrected chi connectivity index (χ2v) is 35.5. The third-order valence-electron chi connectivity index (χ3n) is 20.4. The minimum Gasteiger partial charge on any atom is -0.462 e. The standard InChI is InChI=1S/C86H168O17P2/c1-9-79(8)65-57-49-44-45-51-59-67-84(89)97-73-82(103-86(91)69-60-52-42-36-30-24-17-13-11-15-21-27-33-39-47-55-63-77(4)5)75-101-105(94,95)99-71-80(87)70-98-104(92,93)100-74-81(102-85(90)68-61-53-43-37-31-25-19-18-22-28-34-40-48-56-64-78(6)7)72-96-83(88)66-58-50-41-35-29-23-16-12-10-14-20-26-32-38-46-54-62-76(2)3/h76-82,87H,9-75H2,1-8H3,(H,92,93)(H,94,95)/t79?,80-,81-,82-/m1/s1. The largest absolute Gasteiger partial charge is 0.472 e. The van der Waals surface area contributed by atoms with E-state index in [0.717, 1.165) is 120 Å². The van der Waals surface area contributed by atoms with Crippen molar-refractivity contribution in [3.63, 3.8) is 0 Å². The third kappa shape index (κ3) is 78.5. The molecule has 3 unspecified atom stereocenters. The maximum atomic E-state index is 13.1. The first-order chi connectivity index (χ1) is 50.6. The van der Waals surface area contributed by atoms with Crippen LogP contribution in [-0.4, -0.2) is 96.7 Å². The quantitative estimate of drug-likeness (QED) is 0.0222. The molecule has 0 fully saturated rings. The van der Waals surface area contributed by atoms with Crippen LogP contribution in [0.3, 0.4) is 0 Å². The summed E-state index contributed by atoms with van der Waals surface area (Å²) in [6.45, 7) is 14.3.